The van der Waals surface area contributed by atoms with Crippen molar-refractivity contribution in [2.75, 3.05) is 32.8 Å². The molecule has 1 aliphatic rings. The van der Waals surface area contributed by atoms with Crippen molar-refractivity contribution in [3.8, 4) is 0 Å². The summed E-state index contributed by atoms with van der Waals surface area (Å²) in [6, 6.07) is 0. The third-order valence-corrected chi connectivity index (χ3v) is 4.58. The predicted molar refractivity (Wildman–Crippen MR) is 87.5 cm³/mol. The topological polar surface area (TPSA) is 13.7 Å². The van der Waals surface area contributed by atoms with Gasteiger partial charge in [-0.2, -0.15) is 0 Å². The summed E-state index contributed by atoms with van der Waals surface area (Å²) >= 11 is 0. The zero-order valence-corrected chi connectivity index (χ0v) is 15.9. The molecule has 0 saturated carbocycles. The smallest absolute Gasteiger partial charge is 0.101 e. The summed E-state index contributed by atoms with van der Waals surface area (Å²) in [7, 11) is 0. The number of unbranched alkanes of at least 4 members (excludes halogenated alkanes) is 11. The molecular formula is C18H38BrNO. The minimum absolute atomic E-state index is 0. The first-order valence-corrected chi connectivity index (χ1v) is 9.35. The average molecular weight is 364 g/mol. The summed E-state index contributed by atoms with van der Waals surface area (Å²) in [6.45, 7) is 8.10. The average Bonchev–Trinajstić information content (AvgIpc) is 2.49. The van der Waals surface area contributed by atoms with Crippen molar-refractivity contribution in [3.05, 3.63) is 0 Å². The summed E-state index contributed by atoms with van der Waals surface area (Å²) in [5, 5.41) is 0. The van der Waals surface area contributed by atoms with Gasteiger partial charge in [-0.05, 0) is 12.8 Å². The van der Waals surface area contributed by atoms with Crippen LogP contribution in [0.25, 0.3) is 0 Å². The van der Waals surface area contributed by atoms with E-state index in [1.165, 1.54) is 96.7 Å². The second-order valence-electron chi connectivity index (χ2n) is 6.50. The molecule has 0 unspecified atom stereocenters. The van der Waals surface area contributed by atoms with Crippen LogP contribution in [0.15, 0.2) is 0 Å². The molecule has 1 saturated heterocycles. The van der Waals surface area contributed by atoms with Crippen LogP contribution in [0.5, 0.6) is 0 Å². The highest BCUT2D eigenvalue weighted by molar-refractivity contribution is 4.48. The minimum Gasteiger partial charge on any atom is -1.00 e. The van der Waals surface area contributed by atoms with Gasteiger partial charge in [0.1, 0.15) is 13.1 Å². The molecule has 128 valence electrons. The number of nitrogens with one attached hydrogen (secondary N) is 1. The second-order valence-corrected chi connectivity index (χ2v) is 6.50. The van der Waals surface area contributed by atoms with Crippen molar-refractivity contribution in [1.29, 1.82) is 0 Å². The maximum absolute atomic E-state index is 5.39. The number of ether oxygens (including phenoxy) is 1. The fourth-order valence-corrected chi connectivity index (χ4v) is 3.13. The van der Waals surface area contributed by atoms with Gasteiger partial charge < -0.3 is 26.6 Å². The van der Waals surface area contributed by atoms with E-state index in [-0.39, 0.29) is 17.0 Å². The maximum Gasteiger partial charge on any atom is 0.101 e. The number of morpholine rings is 1. The molecule has 1 fully saturated rings. The first kappa shape index (κ1) is 21.4. The zero-order chi connectivity index (χ0) is 14.3. The van der Waals surface area contributed by atoms with Crippen molar-refractivity contribution in [1.82, 2.24) is 0 Å². The van der Waals surface area contributed by atoms with Crippen molar-refractivity contribution >= 4 is 0 Å². The van der Waals surface area contributed by atoms with E-state index in [0.717, 1.165) is 13.2 Å². The molecule has 1 N–H and O–H groups in total. The molecule has 0 amide bonds. The van der Waals surface area contributed by atoms with Crippen LogP contribution in [0.1, 0.15) is 84.0 Å². The quantitative estimate of drug-likeness (QED) is 0.473. The summed E-state index contributed by atoms with van der Waals surface area (Å²) in [6.07, 6.45) is 17.4. The first-order valence-electron chi connectivity index (χ1n) is 9.35. The molecule has 1 aliphatic heterocycles. The van der Waals surface area contributed by atoms with Crippen LogP contribution in [0.2, 0.25) is 0 Å². The Morgan fingerprint density at radius 2 is 1.10 bits per heavy atom. The van der Waals surface area contributed by atoms with Crippen LogP contribution in [0.4, 0.5) is 0 Å². The third kappa shape index (κ3) is 13.8. The summed E-state index contributed by atoms with van der Waals surface area (Å²) in [5.74, 6) is 0. The highest BCUT2D eigenvalue weighted by Gasteiger charge is 2.12. The molecule has 1 rings (SSSR count). The number of quaternary nitrogens is 1. The lowest BCUT2D eigenvalue weighted by Crippen LogP contribution is -3.14. The van der Waals surface area contributed by atoms with Gasteiger partial charge in [-0.1, -0.05) is 71.1 Å². The Hall–Kier alpha value is 0.400. The number of rotatable bonds is 13. The zero-order valence-electron chi connectivity index (χ0n) is 14.3. The van der Waals surface area contributed by atoms with E-state index in [1.54, 1.807) is 4.90 Å². The maximum atomic E-state index is 5.39. The Kier molecular flexibility index (Phi) is 17.1. The van der Waals surface area contributed by atoms with Gasteiger partial charge >= 0.3 is 0 Å². The molecule has 0 radical (unpaired) electrons. The fourth-order valence-electron chi connectivity index (χ4n) is 3.13. The van der Waals surface area contributed by atoms with Gasteiger partial charge in [-0.25, -0.2) is 0 Å². The minimum atomic E-state index is 0. The van der Waals surface area contributed by atoms with Crippen LogP contribution in [0.3, 0.4) is 0 Å². The first-order chi connectivity index (χ1) is 9.93. The lowest BCUT2D eigenvalue weighted by molar-refractivity contribution is -0.908. The van der Waals surface area contributed by atoms with E-state index in [0.29, 0.717) is 0 Å². The molecule has 0 aromatic carbocycles. The molecule has 0 spiro atoms. The Balaban J connectivity index is 0.00000400. The Labute approximate surface area is 143 Å². The van der Waals surface area contributed by atoms with Gasteiger partial charge in [0.15, 0.2) is 0 Å². The molecule has 0 aromatic rings. The van der Waals surface area contributed by atoms with Gasteiger partial charge in [0.2, 0.25) is 0 Å². The monoisotopic (exact) mass is 363 g/mol. The van der Waals surface area contributed by atoms with Gasteiger partial charge in [-0.3, -0.25) is 0 Å². The van der Waals surface area contributed by atoms with Crippen LogP contribution in [-0.4, -0.2) is 32.8 Å². The van der Waals surface area contributed by atoms with E-state index in [1.807, 2.05) is 0 Å². The van der Waals surface area contributed by atoms with Crippen LogP contribution < -0.4 is 21.9 Å². The molecule has 0 aromatic heterocycles. The van der Waals surface area contributed by atoms with Crippen LogP contribution in [-0.2, 0) is 4.74 Å². The van der Waals surface area contributed by atoms with Crippen molar-refractivity contribution in [3.63, 3.8) is 0 Å². The fraction of sp³-hybridized carbons (Fsp3) is 1.00. The van der Waals surface area contributed by atoms with E-state index < -0.39 is 0 Å². The van der Waals surface area contributed by atoms with Crippen LogP contribution >= 0.6 is 0 Å². The number of hydrogen-bond acceptors (Lipinski definition) is 1. The van der Waals surface area contributed by atoms with Crippen molar-refractivity contribution in [2.45, 2.75) is 84.0 Å². The van der Waals surface area contributed by atoms with E-state index in [4.69, 9.17) is 4.74 Å². The summed E-state index contributed by atoms with van der Waals surface area (Å²) in [5.41, 5.74) is 0. The van der Waals surface area contributed by atoms with E-state index >= 15 is 0 Å². The van der Waals surface area contributed by atoms with Gasteiger partial charge in [-0.15, -0.1) is 0 Å². The van der Waals surface area contributed by atoms with Crippen LogP contribution in [0, 0.1) is 0 Å². The van der Waals surface area contributed by atoms with E-state index in [2.05, 4.69) is 6.92 Å². The van der Waals surface area contributed by atoms with Crippen molar-refractivity contribution < 1.29 is 26.6 Å². The number of halogens is 1. The van der Waals surface area contributed by atoms with Crippen molar-refractivity contribution in [2.24, 2.45) is 0 Å². The Morgan fingerprint density at radius 1 is 0.667 bits per heavy atom. The van der Waals surface area contributed by atoms with Gasteiger partial charge in [0, 0.05) is 0 Å². The molecule has 0 bridgehead atoms. The summed E-state index contributed by atoms with van der Waals surface area (Å²) < 4.78 is 5.39. The van der Waals surface area contributed by atoms with Gasteiger partial charge in [0.25, 0.3) is 0 Å². The molecule has 0 atom stereocenters. The summed E-state index contributed by atoms with van der Waals surface area (Å²) in [4.78, 5) is 1.77. The SMILES string of the molecule is CCCCCCCCCCCCCC[NH+]1CCOCC1.[Br-]. The van der Waals surface area contributed by atoms with Gasteiger partial charge in [0.05, 0.1) is 19.8 Å². The molecular weight excluding hydrogens is 326 g/mol. The second kappa shape index (κ2) is 16.8. The molecule has 1 heterocycles. The standard InChI is InChI=1S/C18H37NO.BrH/c1-2-3-4-5-6-7-8-9-10-11-12-13-14-19-15-17-20-18-16-19;/h2-18H2,1H3;1H. The van der Waals surface area contributed by atoms with E-state index in [9.17, 15) is 0 Å². The Bertz CT molecular complexity index is 196. The molecule has 21 heavy (non-hydrogen) atoms. The lowest BCUT2D eigenvalue weighted by Gasteiger charge is -2.23. The lowest BCUT2D eigenvalue weighted by atomic mass is 10.1. The number of hydrogen-bond donors (Lipinski definition) is 1. The highest BCUT2D eigenvalue weighted by Crippen LogP contribution is 2.11. The highest BCUT2D eigenvalue weighted by atomic mass is 79.9. The third-order valence-electron chi connectivity index (χ3n) is 4.58. The Morgan fingerprint density at radius 3 is 1.57 bits per heavy atom. The normalized spacial score (nSPS) is 15.9. The largest absolute Gasteiger partial charge is 1.00 e. The molecule has 2 nitrogen and oxygen atoms in total. The molecule has 3 heteroatoms. The molecule has 0 aliphatic carbocycles. The predicted octanol–water partition coefficient (Wildman–Crippen LogP) is 0.607.